The van der Waals surface area contributed by atoms with Gasteiger partial charge in [0.25, 0.3) is 5.91 Å². The van der Waals surface area contributed by atoms with Crippen molar-refractivity contribution >= 4 is 17.3 Å². The monoisotopic (exact) mass is 300 g/mol. The molecule has 0 atom stereocenters. The Labute approximate surface area is 128 Å². The van der Waals surface area contributed by atoms with Crippen molar-refractivity contribution in [3.8, 4) is 5.75 Å². The molecule has 0 aliphatic carbocycles. The van der Waals surface area contributed by atoms with Crippen molar-refractivity contribution in [1.29, 1.82) is 0 Å². The smallest absolute Gasteiger partial charge is 0.262 e. The highest BCUT2D eigenvalue weighted by Gasteiger charge is 2.14. The summed E-state index contributed by atoms with van der Waals surface area (Å²) in [5.41, 5.74) is 2.59. The van der Waals surface area contributed by atoms with Gasteiger partial charge in [0, 0.05) is 12.2 Å². The first-order valence-electron chi connectivity index (χ1n) is 7.26. The Hall–Kier alpha value is -2.56. The number of nitrogens with one attached hydrogen (secondary N) is 2. The summed E-state index contributed by atoms with van der Waals surface area (Å²) >= 11 is 0. The molecule has 0 bridgehead atoms. The molecular formula is C17H17FN2O2. The lowest BCUT2D eigenvalue weighted by Gasteiger charge is -2.21. The SMILES string of the molecule is O=C(COc1cccc2c1NCCC2)Nc1cccc(F)c1. The molecule has 2 N–H and O–H groups in total. The van der Waals surface area contributed by atoms with E-state index in [0.717, 1.165) is 25.1 Å². The highest BCUT2D eigenvalue weighted by Crippen LogP contribution is 2.31. The second-order valence-corrected chi connectivity index (χ2v) is 5.17. The van der Waals surface area contributed by atoms with Crippen LogP contribution in [0.2, 0.25) is 0 Å². The lowest BCUT2D eigenvalue weighted by atomic mass is 10.0. The van der Waals surface area contributed by atoms with E-state index < -0.39 is 0 Å². The van der Waals surface area contributed by atoms with Crippen molar-refractivity contribution in [1.82, 2.24) is 0 Å². The molecule has 0 aromatic heterocycles. The van der Waals surface area contributed by atoms with Crippen LogP contribution in [0, 0.1) is 5.82 Å². The number of anilines is 2. The average molecular weight is 300 g/mol. The number of carbonyl (C=O) groups is 1. The zero-order valence-corrected chi connectivity index (χ0v) is 12.1. The van der Waals surface area contributed by atoms with E-state index in [2.05, 4.69) is 16.7 Å². The molecule has 0 saturated carbocycles. The fourth-order valence-corrected chi connectivity index (χ4v) is 2.50. The van der Waals surface area contributed by atoms with Crippen LogP contribution in [0.3, 0.4) is 0 Å². The minimum Gasteiger partial charge on any atom is -0.482 e. The molecule has 1 amide bonds. The molecule has 0 unspecified atom stereocenters. The van der Waals surface area contributed by atoms with Crippen LogP contribution in [0.25, 0.3) is 0 Å². The molecule has 0 fully saturated rings. The molecule has 1 heterocycles. The number of fused-ring (bicyclic) bond motifs is 1. The molecule has 2 aromatic rings. The number of ether oxygens (including phenoxy) is 1. The van der Waals surface area contributed by atoms with Crippen molar-refractivity contribution < 1.29 is 13.9 Å². The largest absolute Gasteiger partial charge is 0.482 e. The molecule has 3 rings (SSSR count). The Morgan fingerprint density at radius 1 is 1.27 bits per heavy atom. The molecular weight excluding hydrogens is 283 g/mol. The third-order valence-electron chi connectivity index (χ3n) is 3.50. The molecule has 0 saturated heterocycles. The second-order valence-electron chi connectivity index (χ2n) is 5.17. The lowest BCUT2D eigenvalue weighted by Crippen LogP contribution is -2.21. The van der Waals surface area contributed by atoms with Crippen molar-refractivity contribution in [3.05, 3.63) is 53.8 Å². The van der Waals surface area contributed by atoms with E-state index in [9.17, 15) is 9.18 Å². The Kier molecular flexibility index (Phi) is 4.23. The third-order valence-corrected chi connectivity index (χ3v) is 3.50. The highest BCUT2D eigenvalue weighted by atomic mass is 19.1. The maximum Gasteiger partial charge on any atom is 0.262 e. The second kappa shape index (κ2) is 6.47. The zero-order chi connectivity index (χ0) is 15.4. The summed E-state index contributed by atoms with van der Waals surface area (Å²) in [5.74, 6) is -0.0364. The van der Waals surface area contributed by atoms with Crippen molar-refractivity contribution in [2.45, 2.75) is 12.8 Å². The van der Waals surface area contributed by atoms with Crippen molar-refractivity contribution in [3.63, 3.8) is 0 Å². The predicted molar refractivity (Wildman–Crippen MR) is 83.8 cm³/mol. The van der Waals surface area contributed by atoms with Crippen molar-refractivity contribution in [2.75, 3.05) is 23.8 Å². The Morgan fingerprint density at radius 2 is 2.14 bits per heavy atom. The van der Waals surface area contributed by atoms with E-state index in [1.807, 2.05) is 12.1 Å². The van der Waals surface area contributed by atoms with Crippen LogP contribution >= 0.6 is 0 Å². The van der Waals surface area contributed by atoms with E-state index in [4.69, 9.17) is 4.74 Å². The fourth-order valence-electron chi connectivity index (χ4n) is 2.50. The van der Waals surface area contributed by atoms with E-state index in [-0.39, 0.29) is 18.3 Å². The molecule has 2 aromatic carbocycles. The molecule has 1 aliphatic rings. The van der Waals surface area contributed by atoms with Crippen LogP contribution in [-0.2, 0) is 11.2 Å². The lowest BCUT2D eigenvalue weighted by molar-refractivity contribution is -0.118. The number of benzene rings is 2. The first-order valence-corrected chi connectivity index (χ1v) is 7.26. The van der Waals surface area contributed by atoms with Crippen LogP contribution in [0.1, 0.15) is 12.0 Å². The Bertz CT molecular complexity index is 688. The average Bonchev–Trinajstić information content (AvgIpc) is 2.53. The number of hydrogen-bond acceptors (Lipinski definition) is 3. The van der Waals surface area contributed by atoms with E-state index in [0.29, 0.717) is 11.4 Å². The van der Waals surface area contributed by atoms with Gasteiger partial charge in [-0.25, -0.2) is 4.39 Å². The maximum atomic E-state index is 13.1. The number of rotatable bonds is 4. The standard InChI is InChI=1S/C17H17FN2O2/c18-13-6-2-7-14(10-13)20-16(21)11-22-15-8-1-4-12-5-3-9-19-17(12)15/h1-2,4,6-8,10,19H,3,5,9,11H2,(H,20,21). The van der Waals surface area contributed by atoms with Gasteiger partial charge in [-0.15, -0.1) is 0 Å². The normalized spacial score (nSPS) is 13.0. The number of para-hydroxylation sites is 1. The van der Waals surface area contributed by atoms with Gasteiger partial charge < -0.3 is 15.4 Å². The molecule has 4 nitrogen and oxygen atoms in total. The summed E-state index contributed by atoms with van der Waals surface area (Å²) in [6.45, 7) is 0.789. The first kappa shape index (κ1) is 14.4. The van der Waals surface area contributed by atoms with Gasteiger partial charge in [-0.05, 0) is 42.7 Å². The summed E-state index contributed by atoms with van der Waals surface area (Å²) in [4.78, 5) is 11.9. The van der Waals surface area contributed by atoms with Gasteiger partial charge in [-0.3, -0.25) is 4.79 Å². The summed E-state index contributed by atoms with van der Waals surface area (Å²) in [7, 11) is 0. The Morgan fingerprint density at radius 3 is 3.00 bits per heavy atom. The summed E-state index contributed by atoms with van der Waals surface area (Å²) in [5, 5.41) is 5.91. The first-order chi connectivity index (χ1) is 10.7. The Balaban J connectivity index is 1.62. The molecule has 0 spiro atoms. The van der Waals surface area contributed by atoms with Crippen LogP contribution in [0.5, 0.6) is 5.75 Å². The van der Waals surface area contributed by atoms with Gasteiger partial charge in [0.15, 0.2) is 6.61 Å². The van der Waals surface area contributed by atoms with Gasteiger partial charge in [-0.1, -0.05) is 18.2 Å². The van der Waals surface area contributed by atoms with E-state index >= 15 is 0 Å². The van der Waals surface area contributed by atoms with Crippen molar-refractivity contribution in [2.24, 2.45) is 0 Å². The number of carbonyl (C=O) groups excluding carboxylic acids is 1. The summed E-state index contributed by atoms with van der Waals surface area (Å²) in [6, 6.07) is 11.6. The predicted octanol–water partition coefficient (Wildman–Crippen LogP) is 3.20. The summed E-state index contributed by atoms with van der Waals surface area (Å²) in [6.07, 6.45) is 2.10. The van der Waals surface area contributed by atoms with E-state index in [1.54, 1.807) is 12.1 Å². The number of hydrogen-bond donors (Lipinski definition) is 2. The number of amides is 1. The van der Waals surface area contributed by atoms with Gasteiger partial charge in [0.05, 0.1) is 5.69 Å². The maximum absolute atomic E-state index is 13.1. The van der Waals surface area contributed by atoms with Crippen LogP contribution < -0.4 is 15.4 Å². The topological polar surface area (TPSA) is 50.4 Å². The van der Waals surface area contributed by atoms with Gasteiger partial charge >= 0.3 is 0 Å². The highest BCUT2D eigenvalue weighted by molar-refractivity contribution is 5.91. The minimum atomic E-state index is -0.389. The number of halogens is 1. The zero-order valence-electron chi connectivity index (χ0n) is 12.1. The van der Waals surface area contributed by atoms with Gasteiger partial charge in [-0.2, -0.15) is 0 Å². The van der Waals surface area contributed by atoms with Gasteiger partial charge in [0.2, 0.25) is 0 Å². The minimum absolute atomic E-state index is 0.116. The number of aryl methyl sites for hydroxylation is 1. The quantitative estimate of drug-likeness (QED) is 0.911. The van der Waals surface area contributed by atoms with E-state index in [1.165, 1.54) is 17.7 Å². The van der Waals surface area contributed by atoms with Gasteiger partial charge in [0.1, 0.15) is 11.6 Å². The molecule has 0 radical (unpaired) electrons. The third kappa shape index (κ3) is 3.36. The molecule has 5 heteroatoms. The van der Waals surface area contributed by atoms with Crippen LogP contribution in [0.15, 0.2) is 42.5 Å². The van der Waals surface area contributed by atoms with Crippen LogP contribution in [0.4, 0.5) is 15.8 Å². The molecule has 1 aliphatic heterocycles. The molecule has 22 heavy (non-hydrogen) atoms. The fraction of sp³-hybridized carbons (Fsp3) is 0.235. The van der Waals surface area contributed by atoms with Crippen LogP contribution in [-0.4, -0.2) is 19.1 Å². The summed E-state index contributed by atoms with van der Waals surface area (Å²) < 4.78 is 18.7. The molecule has 114 valence electrons.